The molecule has 12 rings (SSSR count). The van der Waals surface area contributed by atoms with Crippen LogP contribution in [0, 0.1) is 0 Å². The van der Waals surface area contributed by atoms with Gasteiger partial charge in [-0.2, -0.15) is 0 Å². The first kappa shape index (κ1) is 40.4. The van der Waals surface area contributed by atoms with Crippen LogP contribution in [0.1, 0.15) is 49.9 Å². The number of nitrogens with zero attached hydrogens (tertiary/aromatic N) is 3. The van der Waals surface area contributed by atoms with Gasteiger partial charge in [-0.15, -0.1) is 0 Å². The van der Waals surface area contributed by atoms with Crippen molar-refractivity contribution in [2.45, 2.75) is 38.5 Å². The van der Waals surface area contributed by atoms with Crippen molar-refractivity contribution < 1.29 is 0 Å². The van der Waals surface area contributed by atoms with Crippen molar-refractivity contribution in [3.05, 3.63) is 259 Å². The van der Waals surface area contributed by atoms with E-state index in [0.29, 0.717) is 0 Å². The van der Waals surface area contributed by atoms with Crippen LogP contribution in [0.15, 0.2) is 237 Å². The fraction of sp³-hybridized carbons (Fsp3) is 0.0938. The maximum absolute atomic E-state index is 2.43. The van der Waals surface area contributed by atoms with Gasteiger partial charge in [-0.1, -0.05) is 179 Å². The molecule has 10 aromatic carbocycles. The number of benzene rings is 10. The molecule has 322 valence electrons. The molecule has 2 aliphatic rings. The fourth-order valence-corrected chi connectivity index (χ4v) is 10.9. The van der Waals surface area contributed by atoms with Gasteiger partial charge in [-0.25, -0.2) is 0 Å². The second-order valence-corrected chi connectivity index (χ2v) is 19.1. The SMILES string of the molecule is CC1(C)c2ccccc2N(c2cccc(-c3ccc(N(c4ccc(-c5cccc(N6c7ccccc7C(C)(C)c7ccccc76)c5)cc4)c4ccc5ccccc5c4)cc3)c2)c2ccccc21. The van der Waals surface area contributed by atoms with Gasteiger partial charge in [-0.05, 0) is 140 Å². The third-order valence-corrected chi connectivity index (χ3v) is 14.4. The number of para-hydroxylation sites is 4. The van der Waals surface area contributed by atoms with Gasteiger partial charge in [0.2, 0.25) is 0 Å². The lowest BCUT2D eigenvalue weighted by molar-refractivity contribution is 0.632. The van der Waals surface area contributed by atoms with Gasteiger partial charge in [0.1, 0.15) is 0 Å². The average molecular weight is 862 g/mol. The summed E-state index contributed by atoms with van der Waals surface area (Å²) in [6.45, 7) is 9.35. The van der Waals surface area contributed by atoms with Gasteiger partial charge in [-0.3, -0.25) is 0 Å². The Morgan fingerprint density at radius 1 is 0.284 bits per heavy atom. The summed E-state index contributed by atoms with van der Waals surface area (Å²) in [4.78, 5) is 7.24. The van der Waals surface area contributed by atoms with Crippen molar-refractivity contribution in [1.29, 1.82) is 0 Å². The standard InChI is InChI=1S/C64H51N3/c1-63(2)55-23-7-11-27-59(55)66(60-28-12-8-24-56(60)63)52-21-15-19-48(41-52)45-31-36-50(37-32-45)65(54-40-35-44-17-5-6-18-47(44)43-54)51-38-33-46(34-39-51)49-20-16-22-53(42-49)67-61-29-13-9-25-57(61)64(3,4)58-26-10-14-30-62(58)67/h5-43H,1-4H3. The van der Waals surface area contributed by atoms with Crippen LogP contribution < -0.4 is 14.7 Å². The first-order valence-corrected chi connectivity index (χ1v) is 23.4. The summed E-state index contributed by atoms with van der Waals surface area (Å²) in [5, 5.41) is 2.43. The maximum atomic E-state index is 2.43. The third kappa shape index (κ3) is 6.72. The minimum Gasteiger partial charge on any atom is -0.310 e. The molecule has 3 heteroatoms. The van der Waals surface area contributed by atoms with Crippen LogP contribution in [0.3, 0.4) is 0 Å². The first-order chi connectivity index (χ1) is 32.7. The topological polar surface area (TPSA) is 9.72 Å². The highest BCUT2D eigenvalue weighted by molar-refractivity contribution is 5.92. The summed E-state index contributed by atoms with van der Waals surface area (Å²) >= 11 is 0. The summed E-state index contributed by atoms with van der Waals surface area (Å²) < 4.78 is 0. The zero-order valence-electron chi connectivity index (χ0n) is 38.4. The monoisotopic (exact) mass is 861 g/mol. The minimum absolute atomic E-state index is 0.106. The lowest BCUT2D eigenvalue weighted by atomic mass is 9.73. The molecule has 2 aliphatic heterocycles. The molecular weight excluding hydrogens is 811 g/mol. The molecule has 0 unspecified atom stereocenters. The molecule has 0 N–H and O–H groups in total. The van der Waals surface area contributed by atoms with Crippen LogP contribution in [-0.2, 0) is 10.8 Å². The van der Waals surface area contributed by atoms with Gasteiger partial charge < -0.3 is 14.7 Å². The second kappa shape index (κ2) is 15.8. The molecule has 0 aliphatic carbocycles. The highest BCUT2D eigenvalue weighted by Gasteiger charge is 2.38. The van der Waals surface area contributed by atoms with E-state index < -0.39 is 0 Å². The molecule has 0 saturated carbocycles. The maximum Gasteiger partial charge on any atom is 0.0502 e. The van der Waals surface area contributed by atoms with Crippen LogP contribution in [-0.4, -0.2) is 0 Å². The normalized spacial score (nSPS) is 14.1. The van der Waals surface area contributed by atoms with Crippen molar-refractivity contribution in [3.63, 3.8) is 0 Å². The molecule has 2 heterocycles. The lowest BCUT2D eigenvalue weighted by Gasteiger charge is -2.42. The number of fused-ring (bicyclic) bond motifs is 5. The predicted molar refractivity (Wildman–Crippen MR) is 283 cm³/mol. The molecule has 67 heavy (non-hydrogen) atoms. The molecule has 0 saturated heterocycles. The Kier molecular flexibility index (Phi) is 9.51. The molecule has 3 nitrogen and oxygen atoms in total. The van der Waals surface area contributed by atoms with Crippen molar-refractivity contribution in [1.82, 2.24) is 0 Å². The molecule has 0 radical (unpaired) electrons. The van der Waals surface area contributed by atoms with Crippen LogP contribution in [0.4, 0.5) is 51.2 Å². The van der Waals surface area contributed by atoms with Gasteiger partial charge in [0.15, 0.2) is 0 Å². The van der Waals surface area contributed by atoms with E-state index >= 15 is 0 Å². The van der Waals surface area contributed by atoms with Gasteiger partial charge in [0, 0.05) is 39.3 Å². The second-order valence-electron chi connectivity index (χ2n) is 19.1. The summed E-state index contributed by atoms with van der Waals surface area (Å²) in [6, 6.07) is 86.8. The fourth-order valence-electron chi connectivity index (χ4n) is 10.9. The van der Waals surface area contributed by atoms with Crippen molar-refractivity contribution in [2.75, 3.05) is 14.7 Å². The molecule has 0 aromatic heterocycles. The van der Waals surface area contributed by atoms with Crippen LogP contribution in [0.2, 0.25) is 0 Å². The Balaban J connectivity index is 0.895. The number of hydrogen-bond acceptors (Lipinski definition) is 3. The van der Waals surface area contributed by atoms with Crippen molar-refractivity contribution >= 4 is 62.0 Å². The molecule has 0 amide bonds. The zero-order valence-corrected chi connectivity index (χ0v) is 38.4. The van der Waals surface area contributed by atoms with E-state index in [4.69, 9.17) is 0 Å². The Morgan fingerprint density at radius 3 is 1.06 bits per heavy atom. The van der Waals surface area contributed by atoms with Crippen LogP contribution in [0.25, 0.3) is 33.0 Å². The number of rotatable bonds is 7. The predicted octanol–water partition coefficient (Wildman–Crippen LogP) is 17.9. The molecular formula is C64H51N3. The van der Waals surface area contributed by atoms with E-state index in [1.807, 2.05) is 0 Å². The molecule has 0 fully saturated rings. The highest BCUT2D eigenvalue weighted by atomic mass is 15.2. The third-order valence-electron chi connectivity index (χ3n) is 14.4. The van der Waals surface area contributed by atoms with Gasteiger partial charge in [0.25, 0.3) is 0 Å². The van der Waals surface area contributed by atoms with E-state index in [9.17, 15) is 0 Å². The highest BCUT2D eigenvalue weighted by Crippen LogP contribution is 2.53. The summed E-state index contributed by atoms with van der Waals surface area (Å²) in [5.74, 6) is 0. The van der Waals surface area contributed by atoms with Crippen LogP contribution in [0.5, 0.6) is 0 Å². The minimum atomic E-state index is -0.106. The first-order valence-electron chi connectivity index (χ1n) is 23.4. The average Bonchev–Trinajstić information content (AvgIpc) is 3.37. The summed E-state index contributed by atoms with van der Waals surface area (Å²) in [5.41, 5.74) is 20.3. The largest absolute Gasteiger partial charge is 0.310 e. The van der Waals surface area contributed by atoms with Crippen molar-refractivity contribution in [3.8, 4) is 22.3 Å². The summed E-state index contributed by atoms with van der Waals surface area (Å²) in [7, 11) is 0. The number of anilines is 9. The zero-order chi connectivity index (χ0) is 45.3. The smallest absolute Gasteiger partial charge is 0.0502 e. The Hall–Kier alpha value is -8.14. The van der Waals surface area contributed by atoms with E-state index in [-0.39, 0.29) is 10.8 Å². The lowest BCUT2D eigenvalue weighted by Crippen LogP contribution is -2.30. The van der Waals surface area contributed by atoms with E-state index in [1.165, 1.54) is 78.0 Å². The quantitative estimate of drug-likeness (QED) is 0.158. The van der Waals surface area contributed by atoms with Gasteiger partial charge >= 0.3 is 0 Å². The summed E-state index contributed by atoms with van der Waals surface area (Å²) in [6.07, 6.45) is 0. The Bertz CT molecular complexity index is 3200. The molecule has 0 spiro atoms. The van der Waals surface area contributed by atoms with Crippen molar-refractivity contribution in [2.24, 2.45) is 0 Å². The van der Waals surface area contributed by atoms with Gasteiger partial charge in [0.05, 0.1) is 22.7 Å². The molecule has 0 bridgehead atoms. The Labute approximate surface area is 394 Å². The van der Waals surface area contributed by atoms with E-state index in [0.717, 1.165) is 28.4 Å². The van der Waals surface area contributed by atoms with Crippen LogP contribution >= 0.6 is 0 Å². The Morgan fingerprint density at radius 2 is 0.642 bits per heavy atom. The molecule has 0 atom stereocenters. The molecule has 10 aromatic rings. The van der Waals surface area contributed by atoms with E-state index in [2.05, 4.69) is 279 Å². The van der Waals surface area contributed by atoms with E-state index in [1.54, 1.807) is 0 Å². The number of hydrogen-bond donors (Lipinski definition) is 0.